The number of nitrogens with zero attached hydrogens (tertiary/aromatic N) is 1. The van der Waals surface area contributed by atoms with E-state index >= 15 is 0 Å². The maximum Gasteiger partial charge on any atom is 0.371 e. The Hall–Kier alpha value is -1.87. The second-order valence-electron chi connectivity index (χ2n) is 7.58. The number of hydrogen-bond acceptors (Lipinski definition) is 5. The molecule has 0 radical (unpaired) electrons. The predicted octanol–water partition coefficient (Wildman–Crippen LogP) is 2.07. The Kier molecular flexibility index (Phi) is 5.90. The summed E-state index contributed by atoms with van der Waals surface area (Å²) in [5.41, 5.74) is 0. The predicted molar refractivity (Wildman–Crippen MR) is 96.7 cm³/mol. The standard InChI is InChI=1S/C18H26N2O6S/c1-12-4-2-5-13(10-12)11-19-17(21)14-6-3-9-20(14)27(24,25)16-8-7-15(26-16)18(22)23/h7-8,12-14H,2-6,9-11H2,1H3,(H,19,21)(H,22,23). The van der Waals surface area contributed by atoms with Crippen LogP contribution in [-0.2, 0) is 14.8 Å². The van der Waals surface area contributed by atoms with Gasteiger partial charge < -0.3 is 14.8 Å². The third-order valence-corrected chi connectivity index (χ3v) is 7.25. The minimum atomic E-state index is -4.06. The smallest absolute Gasteiger partial charge is 0.371 e. The van der Waals surface area contributed by atoms with E-state index in [1.807, 2.05) is 0 Å². The van der Waals surface area contributed by atoms with Gasteiger partial charge in [-0.2, -0.15) is 4.31 Å². The first-order valence-electron chi connectivity index (χ1n) is 9.41. The summed E-state index contributed by atoms with van der Waals surface area (Å²) < 4.78 is 31.7. The van der Waals surface area contributed by atoms with Gasteiger partial charge in [-0.3, -0.25) is 4.79 Å². The average Bonchev–Trinajstić information content (AvgIpc) is 3.29. The number of carbonyl (C=O) groups is 2. The second kappa shape index (κ2) is 8.02. The zero-order chi connectivity index (χ0) is 19.6. The fourth-order valence-electron chi connectivity index (χ4n) is 4.09. The molecular weight excluding hydrogens is 372 g/mol. The molecule has 1 aromatic rings. The van der Waals surface area contributed by atoms with Gasteiger partial charge in [-0.05, 0) is 49.7 Å². The summed E-state index contributed by atoms with van der Waals surface area (Å²) >= 11 is 0. The van der Waals surface area contributed by atoms with E-state index in [1.165, 1.54) is 6.42 Å². The van der Waals surface area contributed by atoms with Crippen LogP contribution in [0.2, 0.25) is 0 Å². The van der Waals surface area contributed by atoms with Crippen LogP contribution in [0.25, 0.3) is 0 Å². The lowest BCUT2D eigenvalue weighted by Gasteiger charge is -2.28. The fourth-order valence-corrected chi connectivity index (χ4v) is 5.66. The van der Waals surface area contributed by atoms with Crippen molar-refractivity contribution >= 4 is 21.9 Å². The van der Waals surface area contributed by atoms with Gasteiger partial charge in [-0.25, -0.2) is 13.2 Å². The van der Waals surface area contributed by atoms with Gasteiger partial charge in [-0.1, -0.05) is 19.8 Å². The summed E-state index contributed by atoms with van der Waals surface area (Å²) in [6.45, 7) is 3.00. The van der Waals surface area contributed by atoms with E-state index < -0.39 is 32.9 Å². The van der Waals surface area contributed by atoms with Crippen molar-refractivity contribution in [2.45, 2.75) is 56.6 Å². The van der Waals surface area contributed by atoms with Crippen LogP contribution in [0.1, 0.15) is 56.0 Å². The maximum atomic E-state index is 12.8. The van der Waals surface area contributed by atoms with E-state index in [0.717, 1.165) is 35.7 Å². The summed E-state index contributed by atoms with van der Waals surface area (Å²) in [6, 6.07) is 1.44. The van der Waals surface area contributed by atoms with Gasteiger partial charge in [-0.15, -0.1) is 0 Å². The molecule has 1 aliphatic carbocycles. The molecule has 1 aliphatic heterocycles. The Bertz CT molecular complexity index is 803. The normalized spacial score (nSPS) is 26.8. The third kappa shape index (κ3) is 4.35. The number of carbonyl (C=O) groups excluding carboxylic acids is 1. The summed E-state index contributed by atoms with van der Waals surface area (Å²) in [7, 11) is -4.06. The topological polar surface area (TPSA) is 117 Å². The molecule has 2 aliphatic rings. The van der Waals surface area contributed by atoms with Crippen molar-refractivity contribution in [1.29, 1.82) is 0 Å². The maximum absolute atomic E-state index is 12.8. The lowest BCUT2D eigenvalue weighted by Crippen LogP contribution is -2.47. The van der Waals surface area contributed by atoms with Gasteiger partial charge in [0.15, 0.2) is 0 Å². The molecule has 0 aromatic carbocycles. The molecule has 9 heteroatoms. The highest BCUT2D eigenvalue weighted by molar-refractivity contribution is 7.89. The van der Waals surface area contributed by atoms with Crippen LogP contribution >= 0.6 is 0 Å². The summed E-state index contributed by atoms with van der Waals surface area (Å²) in [5.74, 6) is -0.980. The Morgan fingerprint density at radius 2 is 2.04 bits per heavy atom. The lowest BCUT2D eigenvalue weighted by molar-refractivity contribution is -0.124. The van der Waals surface area contributed by atoms with Crippen molar-refractivity contribution < 1.29 is 27.5 Å². The molecule has 8 nitrogen and oxygen atoms in total. The molecule has 2 heterocycles. The van der Waals surface area contributed by atoms with Crippen LogP contribution < -0.4 is 5.32 Å². The van der Waals surface area contributed by atoms with E-state index in [4.69, 9.17) is 9.52 Å². The molecule has 0 bridgehead atoms. The van der Waals surface area contributed by atoms with Gasteiger partial charge in [0.1, 0.15) is 6.04 Å². The molecule has 3 unspecified atom stereocenters. The van der Waals surface area contributed by atoms with Gasteiger partial charge in [0.25, 0.3) is 10.0 Å². The first-order valence-corrected chi connectivity index (χ1v) is 10.9. The highest BCUT2D eigenvalue weighted by atomic mass is 32.2. The van der Waals surface area contributed by atoms with Gasteiger partial charge in [0, 0.05) is 13.1 Å². The molecule has 2 fully saturated rings. The van der Waals surface area contributed by atoms with Crippen LogP contribution in [-0.4, -0.2) is 48.8 Å². The molecular formula is C18H26N2O6S. The molecule has 0 spiro atoms. The molecule has 3 atom stereocenters. The number of sulfonamides is 1. The van der Waals surface area contributed by atoms with Crippen LogP contribution in [0.3, 0.4) is 0 Å². The van der Waals surface area contributed by atoms with Gasteiger partial charge >= 0.3 is 5.97 Å². The number of nitrogens with one attached hydrogen (secondary N) is 1. The number of carboxylic acid groups (broad SMARTS) is 1. The molecule has 1 aromatic heterocycles. The highest BCUT2D eigenvalue weighted by Gasteiger charge is 2.41. The Labute approximate surface area is 159 Å². The first-order chi connectivity index (χ1) is 12.8. The minimum absolute atomic E-state index is 0.212. The molecule has 1 saturated heterocycles. The Balaban J connectivity index is 1.66. The van der Waals surface area contributed by atoms with E-state index in [-0.39, 0.29) is 12.5 Å². The van der Waals surface area contributed by atoms with Crippen LogP contribution in [0.15, 0.2) is 21.6 Å². The molecule has 150 valence electrons. The second-order valence-corrected chi connectivity index (χ2v) is 9.40. The van der Waals surface area contributed by atoms with E-state index in [1.54, 1.807) is 0 Å². The van der Waals surface area contributed by atoms with Crippen LogP contribution in [0.4, 0.5) is 0 Å². The number of aromatic carboxylic acids is 1. The van der Waals surface area contributed by atoms with Gasteiger partial charge in [0.2, 0.25) is 16.8 Å². The zero-order valence-electron chi connectivity index (χ0n) is 15.4. The number of amides is 1. The quantitative estimate of drug-likeness (QED) is 0.758. The van der Waals surface area contributed by atoms with E-state index in [2.05, 4.69) is 12.2 Å². The molecule has 3 rings (SSSR count). The van der Waals surface area contributed by atoms with Crippen molar-refractivity contribution in [2.75, 3.05) is 13.1 Å². The largest absolute Gasteiger partial charge is 0.475 e. The molecule has 1 amide bonds. The third-order valence-electron chi connectivity index (χ3n) is 5.47. The van der Waals surface area contributed by atoms with E-state index in [0.29, 0.717) is 31.2 Å². The molecule has 1 saturated carbocycles. The Morgan fingerprint density at radius 1 is 1.26 bits per heavy atom. The van der Waals surface area contributed by atoms with Crippen LogP contribution in [0, 0.1) is 11.8 Å². The molecule has 2 N–H and O–H groups in total. The fraction of sp³-hybridized carbons (Fsp3) is 0.667. The first kappa shape index (κ1) is 19.9. The number of hydrogen-bond donors (Lipinski definition) is 2. The number of rotatable bonds is 6. The summed E-state index contributed by atoms with van der Waals surface area (Å²) in [5, 5.41) is 11.4. The van der Waals surface area contributed by atoms with Crippen molar-refractivity contribution in [1.82, 2.24) is 9.62 Å². The molecule has 27 heavy (non-hydrogen) atoms. The lowest BCUT2D eigenvalue weighted by atomic mass is 9.82. The SMILES string of the molecule is CC1CCCC(CNC(=O)C2CCCN2S(=O)(=O)c2ccc(C(=O)O)o2)C1. The van der Waals surface area contributed by atoms with E-state index in [9.17, 15) is 18.0 Å². The van der Waals surface area contributed by atoms with Crippen molar-refractivity contribution in [2.24, 2.45) is 11.8 Å². The number of furan rings is 1. The van der Waals surface area contributed by atoms with Crippen molar-refractivity contribution in [3.63, 3.8) is 0 Å². The van der Waals surface area contributed by atoms with Crippen molar-refractivity contribution in [3.05, 3.63) is 17.9 Å². The van der Waals surface area contributed by atoms with Gasteiger partial charge in [0.05, 0.1) is 0 Å². The number of carboxylic acids is 1. The zero-order valence-corrected chi connectivity index (χ0v) is 16.2. The van der Waals surface area contributed by atoms with Crippen LogP contribution in [0.5, 0.6) is 0 Å². The van der Waals surface area contributed by atoms with Crippen molar-refractivity contribution in [3.8, 4) is 0 Å². The Morgan fingerprint density at radius 3 is 2.70 bits per heavy atom. The highest BCUT2D eigenvalue weighted by Crippen LogP contribution is 2.29. The average molecular weight is 398 g/mol. The summed E-state index contributed by atoms with van der Waals surface area (Å²) in [6.07, 6.45) is 5.57. The monoisotopic (exact) mass is 398 g/mol. The summed E-state index contributed by atoms with van der Waals surface area (Å²) in [4.78, 5) is 23.6. The minimum Gasteiger partial charge on any atom is -0.475 e.